The zero-order valence-corrected chi connectivity index (χ0v) is 13.4. The first-order chi connectivity index (χ1) is 10.2. The highest BCUT2D eigenvalue weighted by Crippen LogP contribution is 2.41. The van der Waals surface area contributed by atoms with E-state index in [9.17, 15) is 13.2 Å². The summed E-state index contributed by atoms with van der Waals surface area (Å²) in [6.45, 7) is 3.80. The molecule has 1 aromatic carbocycles. The van der Waals surface area contributed by atoms with Crippen molar-refractivity contribution in [3.05, 3.63) is 42.0 Å². The molecule has 2 aliphatic heterocycles. The molecule has 22 heavy (non-hydrogen) atoms. The number of Topliss-reactive ketones (excluding diaryl/α,β-unsaturated/α-hetero) is 1. The Morgan fingerprint density at radius 3 is 2.55 bits per heavy atom. The Morgan fingerprint density at radius 2 is 1.86 bits per heavy atom. The van der Waals surface area contributed by atoms with Gasteiger partial charge in [-0.05, 0) is 26.0 Å². The van der Waals surface area contributed by atoms with Gasteiger partial charge in [0, 0.05) is 19.4 Å². The van der Waals surface area contributed by atoms with Crippen LogP contribution in [0.2, 0.25) is 0 Å². The Labute approximate surface area is 130 Å². The quantitative estimate of drug-likeness (QED) is 0.857. The van der Waals surface area contributed by atoms with Crippen LogP contribution in [0.5, 0.6) is 0 Å². The van der Waals surface area contributed by atoms with Crippen molar-refractivity contribution in [3.63, 3.8) is 0 Å². The molecule has 5 nitrogen and oxygen atoms in total. The lowest BCUT2D eigenvalue weighted by atomic mass is 9.91. The molecule has 0 amide bonds. The fourth-order valence-electron chi connectivity index (χ4n) is 3.01. The summed E-state index contributed by atoms with van der Waals surface area (Å²) in [5.74, 6) is 0.0910. The summed E-state index contributed by atoms with van der Waals surface area (Å²) in [4.78, 5) is 12.1. The van der Waals surface area contributed by atoms with Crippen LogP contribution >= 0.6 is 0 Å². The van der Waals surface area contributed by atoms with E-state index in [0.29, 0.717) is 6.42 Å². The second-order valence-electron chi connectivity index (χ2n) is 6.34. The molecule has 0 saturated carbocycles. The zero-order valence-electron chi connectivity index (χ0n) is 12.6. The largest absolute Gasteiger partial charge is 0.358 e. The summed E-state index contributed by atoms with van der Waals surface area (Å²) in [6, 6.07) is 6.63. The van der Waals surface area contributed by atoms with Crippen molar-refractivity contribution in [2.24, 2.45) is 0 Å². The van der Waals surface area contributed by atoms with Gasteiger partial charge in [0.2, 0.25) is 10.0 Å². The molecule has 2 atom stereocenters. The summed E-state index contributed by atoms with van der Waals surface area (Å²) in [6.07, 6.45) is 4.22. The van der Waals surface area contributed by atoms with Crippen LogP contribution in [-0.2, 0) is 19.6 Å². The predicted octanol–water partition coefficient (Wildman–Crippen LogP) is 1.72. The van der Waals surface area contributed by atoms with Gasteiger partial charge in [0.1, 0.15) is 11.4 Å². The van der Waals surface area contributed by atoms with E-state index in [1.165, 1.54) is 0 Å². The second kappa shape index (κ2) is 5.01. The number of fused-ring (bicyclic) bond motifs is 2. The van der Waals surface area contributed by atoms with Crippen molar-refractivity contribution < 1.29 is 17.9 Å². The van der Waals surface area contributed by atoms with Crippen molar-refractivity contribution in [2.75, 3.05) is 6.54 Å². The molecule has 6 heteroatoms. The molecule has 1 N–H and O–H groups in total. The summed E-state index contributed by atoms with van der Waals surface area (Å²) >= 11 is 0. The molecule has 0 aliphatic carbocycles. The third-order valence-electron chi connectivity index (χ3n) is 4.11. The van der Waals surface area contributed by atoms with Crippen molar-refractivity contribution >= 4 is 15.8 Å². The topological polar surface area (TPSA) is 72.5 Å². The van der Waals surface area contributed by atoms with Crippen LogP contribution in [0.4, 0.5) is 0 Å². The molecule has 118 valence electrons. The smallest absolute Gasteiger partial charge is 0.240 e. The van der Waals surface area contributed by atoms with Gasteiger partial charge in [-0.25, -0.2) is 13.1 Å². The number of ketones is 1. The lowest BCUT2D eigenvalue weighted by Gasteiger charge is -2.37. The first-order valence-corrected chi connectivity index (χ1v) is 8.69. The van der Waals surface area contributed by atoms with E-state index in [1.807, 2.05) is 26.0 Å². The maximum absolute atomic E-state index is 12.3. The van der Waals surface area contributed by atoms with Crippen molar-refractivity contribution in [3.8, 4) is 0 Å². The molecule has 1 aromatic rings. The maximum Gasteiger partial charge on any atom is 0.240 e. The summed E-state index contributed by atoms with van der Waals surface area (Å²) in [7, 11) is -3.62. The fraction of sp³-hybridized carbons (Fsp3) is 0.438. The Balaban J connectivity index is 1.76. The molecule has 1 fully saturated rings. The Morgan fingerprint density at radius 1 is 1.18 bits per heavy atom. The van der Waals surface area contributed by atoms with Gasteiger partial charge in [-0.1, -0.05) is 29.8 Å². The van der Waals surface area contributed by atoms with E-state index >= 15 is 0 Å². The van der Waals surface area contributed by atoms with E-state index in [4.69, 9.17) is 4.74 Å². The average molecular weight is 321 g/mol. The lowest BCUT2D eigenvalue weighted by Crippen LogP contribution is -2.50. The number of carbonyl (C=O) groups is 1. The number of benzene rings is 1. The van der Waals surface area contributed by atoms with Gasteiger partial charge in [-0.15, -0.1) is 0 Å². The molecular weight excluding hydrogens is 302 g/mol. The zero-order chi connectivity index (χ0) is 16.0. The monoisotopic (exact) mass is 321 g/mol. The summed E-state index contributed by atoms with van der Waals surface area (Å²) < 4.78 is 33.2. The van der Waals surface area contributed by atoms with Crippen LogP contribution in [0.3, 0.4) is 0 Å². The van der Waals surface area contributed by atoms with Crippen LogP contribution in [0, 0.1) is 6.92 Å². The first-order valence-electron chi connectivity index (χ1n) is 7.21. The van der Waals surface area contributed by atoms with Crippen LogP contribution in [0.1, 0.15) is 25.3 Å². The van der Waals surface area contributed by atoms with Gasteiger partial charge in [0.25, 0.3) is 0 Å². The Kier molecular flexibility index (Phi) is 3.51. The van der Waals surface area contributed by atoms with E-state index in [1.54, 1.807) is 24.3 Å². The summed E-state index contributed by atoms with van der Waals surface area (Å²) in [5, 5.41) is 0. The highest BCUT2D eigenvalue weighted by molar-refractivity contribution is 7.89. The predicted molar refractivity (Wildman–Crippen MR) is 82.0 cm³/mol. The molecule has 0 aromatic heterocycles. The number of aryl methyl sites for hydroxylation is 1. The van der Waals surface area contributed by atoms with Crippen LogP contribution in [0.25, 0.3) is 0 Å². The van der Waals surface area contributed by atoms with E-state index in [2.05, 4.69) is 4.72 Å². The van der Waals surface area contributed by atoms with Crippen LogP contribution in [0.15, 0.2) is 41.3 Å². The molecule has 2 aliphatic rings. The number of rotatable bonds is 4. The van der Waals surface area contributed by atoms with E-state index < -0.39 is 21.2 Å². The Bertz CT molecular complexity index is 738. The van der Waals surface area contributed by atoms with Gasteiger partial charge >= 0.3 is 0 Å². The normalized spacial score (nSPS) is 30.7. The van der Waals surface area contributed by atoms with Gasteiger partial charge in [-0.2, -0.15) is 0 Å². The molecule has 2 bridgehead atoms. The molecule has 3 rings (SSSR count). The van der Waals surface area contributed by atoms with Gasteiger partial charge in [0.15, 0.2) is 0 Å². The van der Waals surface area contributed by atoms with Crippen molar-refractivity contribution in [1.82, 2.24) is 4.72 Å². The van der Waals surface area contributed by atoms with Gasteiger partial charge in [-0.3, -0.25) is 4.79 Å². The number of carbonyl (C=O) groups excluding carboxylic acids is 1. The molecular formula is C16H19NO4S. The number of nitrogens with one attached hydrogen (secondary N) is 1. The van der Waals surface area contributed by atoms with Gasteiger partial charge in [0.05, 0.1) is 10.5 Å². The minimum Gasteiger partial charge on any atom is -0.358 e. The average Bonchev–Trinajstić information content (AvgIpc) is 2.68. The molecule has 0 radical (unpaired) electrons. The van der Waals surface area contributed by atoms with Gasteiger partial charge < -0.3 is 4.74 Å². The number of hydrogen-bond donors (Lipinski definition) is 1. The molecule has 1 saturated heterocycles. The van der Waals surface area contributed by atoms with E-state index in [-0.39, 0.29) is 23.6 Å². The minimum absolute atomic E-state index is 0.0566. The fourth-order valence-corrected chi connectivity index (χ4v) is 4.11. The lowest BCUT2D eigenvalue weighted by molar-refractivity contribution is -0.149. The van der Waals surface area contributed by atoms with E-state index in [0.717, 1.165) is 5.56 Å². The number of hydrogen-bond acceptors (Lipinski definition) is 4. The number of sulfonamides is 1. The van der Waals surface area contributed by atoms with Crippen LogP contribution < -0.4 is 4.72 Å². The molecule has 0 spiro atoms. The van der Waals surface area contributed by atoms with Crippen molar-refractivity contribution in [2.45, 2.75) is 42.8 Å². The second-order valence-corrected chi connectivity index (χ2v) is 8.11. The highest BCUT2D eigenvalue weighted by Gasteiger charge is 2.49. The van der Waals surface area contributed by atoms with Crippen LogP contribution in [-0.4, -0.2) is 31.9 Å². The SMILES string of the molecule is Cc1ccc(S(=O)(=O)NC[C@@]23C=C[C@@](C)(CC(=O)C2)O3)cc1. The molecule has 2 heterocycles. The summed E-state index contributed by atoms with van der Waals surface area (Å²) in [5.41, 5.74) is -0.472. The molecule has 0 unspecified atom stereocenters. The third-order valence-corrected chi connectivity index (χ3v) is 5.53. The number of ether oxygens (including phenoxy) is 1. The third kappa shape index (κ3) is 2.86. The highest BCUT2D eigenvalue weighted by atomic mass is 32.2. The first kappa shape index (κ1) is 15.4. The maximum atomic E-state index is 12.3. The van der Waals surface area contributed by atoms with Crippen molar-refractivity contribution in [1.29, 1.82) is 0 Å². The minimum atomic E-state index is -3.62. The Hall–Kier alpha value is -1.50. The standard InChI is InChI=1S/C16H19NO4S/c1-12-3-5-14(6-4-12)22(19,20)17-11-16-8-7-15(2,21-16)9-13(18)10-16/h3-8,17H,9-11H2,1-2H3/t15-,16+/m0/s1.